The lowest BCUT2D eigenvalue weighted by Crippen LogP contribution is -2.18. The summed E-state index contributed by atoms with van der Waals surface area (Å²) in [4.78, 5) is 0. The zero-order valence-corrected chi connectivity index (χ0v) is 9.96. The smallest absolute Gasteiger partial charge is 0.282 e. The number of hydrogen-bond acceptors (Lipinski definition) is 2. The Morgan fingerprint density at radius 2 is 1.87 bits per heavy atom. The predicted octanol–water partition coefficient (Wildman–Crippen LogP) is 2.98. The molecule has 0 aliphatic carbocycles. The quantitative estimate of drug-likeness (QED) is 0.614. The van der Waals surface area contributed by atoms with Crippen LogP contribution >= 0.6 is 22.6 Å². The molecule has 0 aromatic heterocycles. The van der Waals surface area contributed by atoms with Crippen LogP contribution in [0, 0.1) is 0 Å². The Labute approximate surface area is 99.7 Å². The zero-order chi connectivity index (χ0) is 10.9. The first-order chi connectivity index (χ1) is 7.13. The highest BCUT2D eigenvalue weighted by atomic mass is 127. The molecule has 0 amide bonds. The van der Waals surface area contributed by atoms with E-state index in [2.05, 4.69) is 0 Å². The molecule has 82 valence electrons. The van der Waals surface area contributed by atoms with Crippen molar-refractivity contribution in [2.45, 2.75) is 5.92 Å². The molecule has 0 saturated carbocycles. The fourth-order valence-electron chi connectivity index (χ4n) is 1.35. The van der Waals surface area contributed by atoms with Crippen molar-refractivity contribution in [1.29, 1.82) is 0 Å². The Hall–Kier alpha value is -0.590. The van der Waals surface area contributed by atoms with Crippen LogP contribution in [0.15, 0.2) is 18.2 Å². The van der Waals surface area contributed by atoms with Crippen molar-refractivity contribution in [3.8, 4) is 11.5 Å². The first-order valence-corrected chi connectivity index (χ1v) is 6.00. The molecule has 2 rings (SSSR count). The van der Waals surface area contributed by atoms with Crippen LogP contribution in [-0.4, -0.2) is 17.6 Å². The maximum Gasteiger partial charge on any atom is 0.282 e. The second-order valence-electron chi connectivity index (χ2n) is 3.20. The van der Waals surface area contributed by atoms with E-state index in [9.17, 15) is 8.78 Å². The van der Waals surface area contributed by atoms with Gasteiger partial charge in [-0.1, -0.05) is 22.6 Å². The Morgan fingerprint density at radius 3 is 2.53 bits per heavy atom. The highest BCUT2D eigenvalue weighted by Gasteiger charge is 2.31. The minimum absolute atomic E-state index is 0.0267. The number of halogens is 3. The van der Waals surface area contributed by atoms with E-state index < -0.39 is 5.92 Å². The van der Waals surface area contributed by atoms with Gasteiger partial charge in [-0.25, -0.2) is 8.78 Å². The maximum atomic E-state index is 13.4. The molecule has 0 atom stereocenters. The lowest BCUT2D eigenvalue weighted by Gasteiger charge is -2.21. The van der Waals surface area contributed by atoms with Gasteiger partial charge < -0.3 is 9.47 Å². The number of rotatable bonds is 2. The maximum absolute atomic E-state index is 13.4. The summed E-state index contributed by atoms with van der Waals surface area (Å²) in [5.74, 6) is -1.87. The van der Waals surface area contributed by atoms with Crippen molar-refractivity contribution in [3.05, 3.63) is 23.8 Å². The Kier molecular flexibility index (Phi) is 2.99. The third-order valence-electron chi connectivity index (χ3n) is 2.13. The number of benzene rings is 1. The van der Waals surface area contributed by atoms with Crippen LogP contribution in [0.25, 0.3) is 0 Å². The van der Waals surface area contributed by atoms with Crippen molar-refractivity contribution in [1.82, 2.24) is 0 Å². The summed E-state index contributed by atoms with van der Waals surface area (Å²) in [5.41, 5.74) is -0.0267. The number of hydrogen-bond donors (Lipinski definition) is 0. The summed E-state index contributed by atoms with van der Waals surface area (Å²) in [6, 6.07) is 4.27. The van der Waals surface area contributed by atoms with Crippen LogP contribution < -0.4 is 9.47 Å². The monoisotopic (exact) mass is 326 g/mol. The predicted molar refractivity (Wildman–Crippen MR) is 60.2 cm³/mol. The molecule has 15 heavy (non-hydrogen) atoms. The van der Waals surface area contributed by atoms with E-state index >= 15 is 0 Å². The molecule has 5 heteroatoms. The van der Waals surface area contributed by atoms with Crippen molar-refractivity contribution >= 4 is 22.6 Å². The van der Waals surface area contributed by atoms with Gasteiger partial charge in [0.15, 0.2) is 11.5 Å². The number of alkyl halides is 3. The van der Waals surface area contributed by atoms with Crippen molar-refractivity contribution in [2.75, 3.05) is 17.6 Å². The molecule has 0 N–H and O–H groups in total. The molecule has 2 nitrogen and oxygen atoms in total. The molecule has 0 fully saturated rings. The van der Waals surface area contributed by atoms with E-state index in [0.717, 1.165) is 0 Å². The fourth-order valence-corrected chi connectivity index (χ4v) is 1.79. The van der Waals surface area contributed by atoms with E-state index in [0.29, 0.717) is 24.7 Å². The van der Waals surface area contributed by atoms with Crippen LogP contribution in [-0.2, 0) is 5.92 Å². The first-order valence-electron chi connectivity index (χ1n) is 4.47. The number of ether oxygens (including phenoxy) is 2. The van der Waals surface area contributed by atoms with E-state index in [-0.39, 0.29) is 9.99 Å². The molecule has 1 aliphatic heterocycles. The van der Waals surface area contributed by atoms with E-state index in [1.165, 1.54) is 18.2 Å². The molecule has 0 unspecified atom stereocenters. The van der Waals surface area contributed by atoms with Gasteiger partial charge in [-0.05, 0) is 18.2 Å². The van der Waals surface area contributed by atoms with E-state index in [1.54, 1.807) is 22.6 Å². The van der Waals surface area contributed by atoms with Gasteiger partial charge in [0.25, 0.3) is 5.92 Å². The minimum Gasteiger partial charge on any atom is -0.486 e. The molecule has 0 spiro atoms. The first kappa shape index (κ1) is 10.9. The van der Waals surface area contributed by atoms with Crippen LogP contribution in [0.3, 0.4) is 0 Å². The lowest BCUT2D eigenvalue weighted by molar-refractivity contribution is 0.0259. The Balaban J connectivity index is 2.36. The molecule has 1 aromatic carbocycles. The average Bonchev–Trinajstić information content (AvgIpc) is 2.28. The highest BCUT2D eigenvalue weighted by Crippen LogP contribution is 2.37. The molecule has 1 heterocycles. The summed E-state index contributed by atoms with van der Waals surface area (Å²) >= 11 is 1.67. The van der Waals surface area contributed by atoms with Crippen LogP contribution in [0.2, 0.25) is 0 Å². The van der Waals surface area contributed by atoms with Gasteiger partial charge in [0, 0.05) is 5.56 Å². The standard InChI is InChI=1S/C10H9F2IO2/c11-10(12,6-13)7-1-2-8-9(5-7)15-4-3-14-8/h1-2,5H,3-4,6H2. The van der Waals surface area contributed by atoms with Crippen molar-refractivity contribution in [3.63, 3.8) is 0 Å². The molecule has 0 radical (unpaired) electrons. The van der Waals surface area contributed by atoms with E-state index in [4.69, 9.17) is 9.47 Å². The average molecular weight is 326 g/mol. The highest BCUT2D eigenvalue weighted by molar-refractivity contribution is 14.1. The van der Waals surface area contributed by atoms with Crippen molar-refractivity contribution in [2.24, 2.45) is 0 Å². The lowest BCUT2D eigenvalue weighted by atomic mass is 10.1. The van der Waals surface area contributed by atoms with Gasteiger partial charge in [-0.2, -0.15) is 0 Å². The van der Waals surface area contributed by atoms with Crippen LogP contribution in [0.4, 0.5) is 8.78 Å². The van der Waals surface area contributed by atoms with Gasteiger partial charge in [0.1, 0.15) is 13.2 Å². The summed E-state index contributed by atoms with van der Waals surface area (Å²) in [6.07, 6.45) is 0. The minimum atomic E-state index is -2.81. The van der Waals surface area contributed by atoms with E-state index in [1.807, 2.05) is 0 Å². The number of fused-ring (bicyclic) bond motifs is 1. The largest absolute Gasteiger partial charge is 0.486 e. The van der Waals surface area contributed by atoms with Crippen molar-refractivity contribution < 1.29 is 18.3 Å². The summed E-state index contributed by atoms with van der Waals surface area (Å²) < 4.78 is 37.0. The topological polar surface area (TPSA) is 18.5 Å². The van der Waals surface area contributed by atoms with Crippen LogP contribution in [0.1, 0.15) is 5.56 Å². The second-order valence-corrected chi connectivity index (χ2v) is 3.96. The van der Waals surface area contributed by atoms with Gasteiger partial charge >= 0.3 is 0 Å². The third kappa shape index (κ3) is 2.16. The normalized spacial score (nSPS) is 15.1. The zero-order valence-electron chi connectivity index (χ0n) is 7.80. The summed E-state index contributed by atoms with van der Waals surface area (Å²) in [6.45, 7) is 0.876. The van der Waals surface area contributed by atoms with Gasteiger partial charge in [-0.3, -0.25) is 0 Å². The van der Waals surface area contributed by atoms with Gasteiger partial charge in [0.05, 0.1) is 4.43 Å². The third-order valence-corrected chi connectivity index (χ3v) is 3.09. The molecular weight excluding hydrogens is 317 g/mol. The summed E-state index contributed by atoms with van der Waals surface area (Å²) in [7, 11) is 0. The van der Waals surface area contributed by atoms with Gasteiger partial charge in [-0.15, -0.1) is 0 Å². The Bertz CT molecular complexity index is 368. The molecule has 1 aromatic rings. The molecule has 0 bridgehead atoms. The second kappa shape index (κ2) is 4.11. The summed E-state index contributed by atoms with van der Waals surface area (Å²) in [5, 5.41) is 0. The molecular formula is C10H9F2IO2. The SMILES string of the molecule is FC(F)(CI)c1ccc2c(c1)OCCO2. The fraction of sp³-hybridized carbons (Fsp3) is 0.400. The van der Waals surface area contributed by atoms with Gasteiger partial charge in [0.2, 0.25) is 0 Å². The Morgan fingerprint density at radius 1 is 1.20 bits per heavy atom. The molecule has 1 aliphatic rings. The van der Waals surface area contributed by atoms with Crippen LogP contribution in [0.5, 0.6) is 11.5 Å². The molecule has 0 saturated heterocycles.